The van der Waals surface area contributed by atoms with Crippen molar-refractivity contribution in [1.29, 1.82) is 0 Å². The van der Waals surface area contributed by atoms with Gasteiger partial charge >= 0.3 is 0 Å². The lowest BCUT2D eigenvalue weighted by atomic mass is 9.88. The third-order valence-electron chi connectivity index (χ3n) is 3.74. The Balaban J connectivity index is 1.97. The minimum absolute atomic E-state index is 0.0246. The van der Waals surface area contributed by atoms with Crippen LogP contribution in [-0.4, -0.2) is 5.91 Å². The molecular formula is C15H22N2O. The van der Waals surface area contributed by atoms with Crippen molar-refractivity contribution in [1.82, 2.24) is 0 Å². The molecule has 0 bridgehead atoms. The van der Waals surface area contributed by atoms with E-state index < -0.39 is 0 Å². The molecule has 2 rings (SSSR count). The van der Waals surface area contributed by atoms with Crippen LogP contribution >= 0.6 is 0 Å². The van der Waals surface area contributed by atoms with Crippen LogP contribution in [0.15, 0.2) is 18.2 Å². The second kappa shape index (κ2) is 6.01. The molecule has 4 N–H and O–H groups in total. The van der Waals surface area contributed by atoms with Crippen LogP contribution in [0.5, 0.6) is 0 Å². The lowest BCUT2D eigenvalue weighted by Gasteiger charge is -2.19. The number of carbonyl (C=O) groups is 1. The highest BCUT2D eigenvalue weighted by Crippen LogP contribution is 2.25. The van der Waals surface area contributed by atoms with E-state index >= 15 is 0 Å². The Morgan fingerprint density at radius 3 is 2.67 bits per heavy atom. The van der Waals surface area contributed by atoms with E-state index in [0.717, 1.165) is 12.8 Å². The molecular weight excluding hydrogens is 224 g/mol. The molecule has 1 unspecified atom stereocenters. The van der Waals surface area contributed by atoms with Gasteiger partial charge in [0.2, 0.25) is 5.91 Å². The highest BCUT2D eigenvalue weighted by Gasteiger charge is 2.12. The molecule has 0 aromatic heterocycles. The van der Waals surface area contributed by atoms with Gasteiger partial charge in [0, 0.05) is 12.5 Å². The molecule has 1 aliphatic carbocycles. The largest absolute Gasteiger partial charge is 0.370 e. The van der Waals surface area contributed by atoms with Gasteiger partial charge in [-0.05, 0) is 55.2 Å². The molecule has 0 fully saturated rings. The van der Waals surface area contributed by atoms with Crippen molar-refractivity contribution in [2.75, 3.05) is 0 Å². The predicted molar refractivity (Wildman–Crippen MR) is 73.1 cm³/mol. The molecule has 1 aromatic rings. The molecule has 3 heteroatoms. The van der Waals surface area contributed by atoms with Gasteiger partial charge < -0.3 is 11.5 Å². The van der Waals surface area contributed by atoms with Gasteiger partial charge in [-0.15, -0.1) is 0 Å². The highest BCUT2D eigenvalue weighted by atomic mass is 16.1. The number of primary amides is 1. The predicted octanol–water partition coefficient (Wildman–Crippen LogP) is 2.22. The number of carbonyl (C=O) groups excluding carboxylic acids is 1. The molecule has 0 aliphatic heterocycles. The normalized spacial score (nSPS) is 16.1. The Labute approximate surface area is 109 Å². The summed E-state index contributed by atoms with van der Waals surface area (Å²) in [7, 11) is 0. The van der Waals surface area contributed by atoms with Gasteiger partial charge in [-0.1, -0.05) is 18.2 Å². The molecule has 0 saturated heterocycles. The molecule has 0 saturated carbocycles. The van der Waals surface area contributed by atoms with E-state index in [0.29, 0.717) is 6.42 Å². The third kappa shape index (κ3) is 3.33. The van der Waals surface area contributed by atoms with Crippen LogP contribution in [0, 0.1) is 0 Å². The summed E-state index contributed by atoms with van der Waals surface area (Å²) in [5.74, 6) is -0.243. The molecule has 98 valence electrons. The van der Waals surface area contributed by atoms with Crippen molar-refractivity contribution in [2.24, 2.45) is 11.5 Å². The van der Waals surface area contributed by atoms with Gasteiger partial charge in [-0.2, -0.15) is 0 Å². The first-order valence-electron chi connectivity index (χ1n) is 6.82. The average molecular weight is 246 g/mol. The van der Waals surface area contributed by atoms with Crippen LogP contribution < -0.4 is 11.5 Å². The molecule has 1 aromatic carbocycles. The monoisotopic (exact) mass is 246 g/mol. The Kier molecular flexibility index (Phi) is 4.37. The Hall–Kier alpha value is -1.35. The fourth-order valence-corrected chi connectivity index (χ4v) is 2.65. The SMILES string of the molecule is NC(=O)CCCC(N)c1ccc2c(c1)CCCC2. The number of rotatable bonds is 5. The van der Waals surface area contributed by atoms with E-state index in [9.17, 15) is 4.79 Å². The first kappa shape index (κ1) is 13.1. The molecule has 1 atom stereocenters. The van der Waals surface area contributed by atoms with E-state index in [1.165, 1.54) is 42.4 Å². The standard InChI is InChI=1S/C15H22N2O/c16-14(6-3-7-15(17)18)13-9-8-11-4-1-2-5-12(11)10-13/h8-10,14H,1-7,16H2,(H2,17,18). The molecule has 1 aliphatic rings. The maximum Gasteiger partial charge on any atom is 0.217 e. The van der Waals surface area contributed by atoms with Crippen molar-refractivity contribution in [3.8, 4) is 0 Å². The number of aryl methyl sites for hydroxylation is 2. The number of fused-ring (bicyclic) bond motifs is 1. The summed E-state index contributed by atoms with van der Waals surface area (Å²) in [6.45, 7) is 0. The van der Waals surface area contributed by atoms with Crippen LogP contribution in [0.3, 0.4) is 0 Å². The summed E-state index contributed by atoms with van der Waals surface area (Å²) in [6, 6.07) is 6.64. The number of benzene rings is 1. The summed E-state index contributed by atoms with van der Waals surface area (Å²) in [6.07, 6.45) is 6.99. The second-order valence-electron chi connectivity index (χ2n) is 5.20. The smallest absolute Gasteiger partial charge is 0.217 e. The van der Waals surface area contributed by atoms with Gasteiger partial charge in [0.1, 0.15) is 0 Å². The molecule has 3 nitrogen and oxygen atoms in total. The number of amides is 1. The van der Waals surface area contributed by atoms with E-state index in [2.05, 4.69) is 18.2 Å². The van der Waals surface area contributed by atoms with Crippen LogP contribution in [0.1, 0.15) is 54.8 Å². The van der Waals surface area contributed by atoms with Crippen LogP contribution in [0.2, 0.25) is 0 Å². The Morgan fingerprint density at radius 2 is 1.94 bits per heavy atom. The van der Waals surface area contributed by atoms with Crippen LogP contribution in [-0.2, 0) is 17.6 Å². The Morgan fingerprint density at radius 1 is 1.22 bits per heavy atom. The zero-order chi connectivity index (χ0) is 13.0. The highest BCUT2D eigenvalue weighted by molar-refractivity contribution is 5.73. The number of hydrogen-bond acceptors (Lipinski definition) is 2. The van der Waals surface area contributed by atoms with Gasteiger partial charge in [0.25, 0.3) is 0 Å². The number of nitrogens with two attached hydrogens (primary N) is 2. The summed E-state index contributed by atoms with van der Waals surface area (Å²) in [4.78, 5) is 10.7. The van der Waals surface area contributed by atoms with Crippen molar-refractivity contribution in [2.45, 2.75) is 51.0 Å². The van der Waals surface area contributed by atoms with Crippen molar-refractivity contribution in [3.05, 3.63) is 34.9 Å². The zero-order valence-corrected chi connectivity index (χ0v) is 10.8. The Bertz CT molecular complexity index is 429. The zero-order valence-electron chi connectivity index (χ0n) is 10.8. The molecule has 0 spiro atoms. The van der Waals surface area contributed by atoms with Crippen molar-refractivity contribution in [3.63, 3.8) is 0 Å². The minimum atomic E-state index is -0.243. The van der Waals surface area contributed by atoms with E-state index in [-0.39, 0.29) is 11.9 Å². The maximum absolute atomic E-state index is 10.7. The summed E-state index contributed by atoms with van der Waals surface area (Å²) in [5.41, 5.74) is 15.4. The summed E-state index contributed by atoms with van der Waals surface area (Å²) >= 11 is 0. The van der Waals surface area contributed by atoms with Crippen LogP contribution in [0.25, 0.3) is 0 Å². The van der Waals surface area contributed by atoms with Gasteiger partial charge in [0.15, 0.2) is 0 Å². The fourth-order valence-electron chi connectivity index (χ4n) is 2.65. The first-order chi connectivity index (χ1) is 8.66. The van der Waals surface area contributed by atoms with Gasteiger partial charge in [-0.25, -0.2) is 0 Å². The average Bonchev–Trinajstić information content (AvgIpc) is 2.37. The van der Waals surface area contributed by atoms with E-state index in [1.807, 2.05) is 0 Å². The fraction of sp³-hybridized carbons (Fsp3) is 0.533. The molecule has 18 heavy (non-hydrogen) atoms. The van der Waals surface area contributed by atoms with Gasteiger partial charge in [-0.3, -0.25) is 4.79 Å². The van der Waals surface area contributed by atoms with Crippen LogP contribution in [0.4, 0.5) is 0 Å². The lowest BCUT2D eigenvalue weighted by Crippen LogP contribution is -2.14. The maximum atomic E-state index is 10.7. The molecule has 0 heterocycles. The minimum Gasteiger partial charge on any atom is -0.370 e. The van der Waals surface area contributed by atoms with E-state index in [4.69, 9.17) is 11.5 Å². The lowest BCUT2D eigenvalue weighted by molar-refractivity contribution is -0.118. The van der Waals surface area contributed by atoms with Gasteiger partial charge in [0.05, 0.1) is 0 Å². The topological polar surface area (TPSA) is 69.1 Å². The molecule has 1 amide bonds. The number of hydrogen-bond donors (Lipinski definition) is 2. The quantitative estimate of drug-likeness (QED) is 0.836. The van der Waals surface area contributed by atoms with E-state index in [1.54, 1.807) is 0 Å². The first-order valence-corrected chi connectivity index (χ1v) is 6.82. The van der Waals surface area contributed by atoms with Crippen molar-refractivity contribution >= 4 is 5.91 Å². The van der Waals surface area contributed by atoms with Crippen molar-refractivity contribution < 1.29 is 4.79 Å². The molecule has 0 radical (unpaired) electrons. The third-order valence-corrected chi connectivity index (χ3v) is 3.74. The summed E-state index contributed by atoms with van der Waals surface area (Å²) in [5, 5.41) is 0. The second-order valence-corrected chi connectivity index (χ2v) is 5.20. The summed E-state index contributed by atoms with van der Waals surface area (Å²) < 4.78 is 0.